The number of hydrogen-bond donors (Lipinski definition) is 2. The summed E-state index contributed by atoms with van der Waals surface area (Å²) in [4.78, 5) is 7.07. The molecule has 5 nitrogen and oxygen atoms in total. The van der Waals surface area contributed by atoms with E-state index >= 15 is 0 Å². The van der Waals surface area contributed by atoms with Crippen LogP contribution in [0.3, 0.4) is 0 Å². The molecular weight excluding hydrogens is 451 g/mol. The van der Waals surface area contributed by atoms with Gasteiger partial charge in [-0.1, -0.05) is 42.5 Å². The van der Waals surface area contributed by atoms with Crippen LogP contribution in [0.2, 0.25) is 0 Å². The molecule has 0 aliphatic carbocycles. The summed E-state index contributed by atoms with van der Waals surface area (Å²) in [6, 6.07) is 14.9. The largest absolute Gasteiger partial charge is 0.385 e. The molecule has 0 amide bonds. The van der Waals surface area contributed by atoms with E-state index in [-0.39, 0.29) is 24.0 Å². The lowest BCUT2D eigenvalue weighted by atomic mass is 10.1. The first kappa shape index (κ1) is 23.7. The van der Waals surface area contributed by atoms with Gasteiger partial charge in [-0.15, -0.1) is 24.0 Å². The number of nitrogens with zero attached hydrogens (tertiary/aromatic N) is 2. The third-order valence-corrected chi connectivity index (χ3v) is 4.31. The number of likely N-dealkylation sites (N-methyl/N-ethyl adjacent to an activating group) is 1. The Bertz CT molecular complexity index is 687. The maximum absolute atomic E-state index is 5.10. The third-order valence-electron chi connectivity index (χ3n) is 4.31. The molecule has 2 rings (SSSR count). The van der Waals surface area contributed by atoms with E-state index in [0.717, 1.165) is 45.2 Å². The first-order valence-corrected chi connectivity index (χ1v) is 9.41. The molecule has 27 heavy (non-hydrogen) atoms. The molecule has 2 aromatic rings. The molecular formula is C21H33IN4O. The molecule has 6 heteroatoms. The molecule has 0 heterocycles. The van der Waals surface area contributed by atoms with E-state index in [1.54, 1.807) is 7.11 Å². The number of rotatable bonds is 10. The molecule has 0 unspecified atom stereocenters. The van der Waals surface area contributed by atoms with Crippen LogP contribution in [-0.4, -0.2) is 57.8 Å². The minimum atomic E-state index is 0. The molecule has 0 aliphatic heterocycles. The Balaban J connectivity index is 0.00000364. The van der Waals surface area contributed by atoms with Crippen molar-refractivity contribution < 1.29 is 4.74 Å². The van der Waals surface area contributed by atoms with Crippen LogP contribution >= 0.6 is 24.0 Å². The smallest absolute Gasteiger partial charge is 0.191 e. The van der Waals surface area contributed by atoms with Gasteiger partial charge in [-0.2, -0.15) is 0 Å². The number of nitrogens with one attached hydrogen (secondary N) is 2. The van der Waals surface area contributed by atoms with E-state index in [1.807, 2.05) is 0 Å². The van der Waals surface area contributed by atoms with Crippen LogP contribution in [0.4, 0.5) is 0 Å². The second kappa shape index (κ2) is 13.7. The van der Waals surface area contributed by atoms with Crippen molar-refractivity contribution in [3.8, 4) is 0 Å². The van der Waals surface area contributed by atoms with Crippen molar-refractivity contribution in [1.29, 1.82) is 0 Å². The summed E-state index contributed by atoms with van der Waals surface area (Å²) >= 11 is 0. The van der Waals surface area contributed by atoms with Crippen molar-refractivity contribution >= 4 is 40.7 Å². The van der Waals surface area contributed by atoms with Crippen molar-refractivity contribution in [2.45, 2.75) is 19.9 Å². The van der Waals surface area contributed by atoms with E-state index in [1.165, 1.54) is 16.3 Å². The van der Waals surface area contributed by atoms with Gasteiger partial charge in [-0.25, -0.2) is 4.99 Å². The summed E-state index contributed by atoms with van der Waals surface area (Å²) in [6.45, 7) is 7.30. The molecule has 0 atom stereocenters. The maximum atomic E-state index is 5.10. The van der Waals surface area contributed by atoms with Crippen molar-refractivity contribution in [3.05, 3.63) is 48.0 Å². The third kappa shape index (κ3) is 8.45. The molecule has 0 saturated carbocycles. The molecule has 0 aromatic heterocycles. The van der Waals surface area contributed by atoms with E-state index in [4.69, 9.17) is 9.73 Å². The number of methoxy groups -OCH3 is 1. The number of aliphatic imine (C=N–C) groups is 1. The highest BCUT2D eigenvalue weighted by molar-refractivity contribution is 14.0. The number of hydrogen-bond acceptors (Lipinski definition) is 3. The Morgan fingerprint density at radius 2 is 1.85 bits per heavy atom. The molecule has 0 spiro atoms. The zero-order valence-electron chi connectivity index (χ0n) is 16.7. The number of halogens is 1. The van der Waals surface area contributed by atoms with Gasteiger partial charge < -0.3 is 20.3 Å². The fourth-order valence-corrected chi connectivity index (χ4v) is 2.89. The van der Waals surface area contributed by atoms with Crippen molar-refractivity contribution in [2.75, 3.05) is 46.9 Å². The predicted octanol–water partition coefficient (Wildman–Crippen LogP) is 3.48. The van der Waals surface area contributed by atoms with E-state index in [2.05, 4.69) is 72.0 Å². The average molecular weight is 484 g/mol. The lowest BCUT2D eigenvalue weighted by Gasteiger charge is -2.18. The van der Waals surface area contributed by atoms with E-state index in [9.17, 15) is 0 Å². The van der Waals surface area contributed by atoms with Gasteiger partial charge in [0.05, 0.1) is 6.54 Å². The molecule has 0 aliphatic rings. The second-order valence-corrected chi connectivity index (χ2v) is 6.41. The van der Waals surface area contributed by atoms with Gasteiger partial charge >= 0.3 is 0 Å². The summed E-state index contributed by atoms with van der Waals surface area (Å²) in [5, 5.41) is 9.28. The monoisotopic (exact) mass is 484 g/mol. The fourth-order valence-electron chi connectivity index (χ4n) is 2.89. The molecule has 0 radical (unpaired) electrons. The highest BCUT2D eigenvalue weighted by atomic mass is 127. The Hall–Kier alpha value is -1.38. The summed E-state index contributed by atoms with van der Waals surface area (Å²) in [7, 11) is 3.88. The highest BCUT2D eigenvalue weighted by Gasteiger charge is 2.02. The summed E-state index contributed by atoms with van der Waals surface area (Å²) in [5.74, 6) is 0.866. The van der Waals surface area contributed by atoms with Gasteiger partial charge in [-0.3, -0.25) is 0 Å². The van der Waals surface area contributed by atoms with Crippen LogP contribution in [0.5, 0.6) is 0 Å². The Morgan fingerprint density at radius 1 is 1.07 bits per heavy atom. The van der Waals surface area contributed by atoms with Crippen LogP contribution in [0.25, 0.3) is 10.8 Å². The van der Waals surface area contributed by atoms with Gasteiger partial charge in [0.1, 0.15) is 0 Å². The second-order valence-electron chi connectivity index (χ2n) is 6.41. The van der Waals surface area contributed by atoms with Crippen LogP contribution < -0.4 is 10.6 Å². The fraction of sp³-hybridized carbons (Fsp3) is 0.476. The standard InChI is InChI=1S/C21H32N4O.HI/c1-4-22-21(23-13-15-25(2)14-8-16-26-3)24-17-19-11-7-10-18-9-5-6-12-20(18)19;/h5-7,9-12H,4,8,13-17H2,1-3H3,(H2,22,23,24);1H. The van der Waals surface area contributed by atoms with Crippen LogP contribution in [0, 0.1) is 0 Å². The minimum absolute atomic E-state index is 0. The number of guanidine groups is 1. The topological polar surface area (TPSA) is 48.9 Å². The summed E-state index contributed by atoms with van der Waals surface area (Å²) in [5.41, 5.74) is 1.25. The quantitative estimate of drug-likeness (QED) is 0.235. The van der Waals surface area contributed by atoms with Crippen molar-refractivity contribution in [1.82, 2.24) is 15.5 Å². The molecule has 150 valence electrons. The number of fused-ring (bicyclic) bond motifs is 1. The lowest BCUT2D eigenvalue weighted by Crippen LogP contribution is -2.41. The van der Waals surface area contributed by atoms with E-state index < -0.39 is 0 Å². The number of ether oxygens (including phenoxy) is 1. The Kier molecular flexibility index (Phi) is 12.0. The van der Waals surface area contributed by atoms with Crippen LogP contribution in [0.15, 0.2) is 47.5 Å². The molecule has 2 N–H and O–H groups in total. The zero-order valence-corrected chi connectivity index (χ0v) is 19.0. The van der Waals surface area contributed by atoms with Crippen molar-refractivity contribution in [3.63, 3.8) is 0 Å². The molecule has 0 saturated heterocycles. The molecule has 0 bridgehead atoms. The Labute approximate surface area is 180 Å². The van der Waals surface area contributed by atoms with Crippen LogP contribution in [-0.2, 0) is 11.3 Å². The summed E-state index contributed by atoms with van der Waals surface area (Å²) in [6.07, 6.45) is 1.06. The van der Waals surface area contributed by atoms with Crippen LogP contribution in [0.1, 0.15) is 18.9 Å². The Morgan fingerprint density at radius 3 is 2.63 bits per heavy atom. The van der Waals surface area contributed by atoms with Crippen molar-refractivity contribution in [2.24, 2.45) is 4.99 Å². The summed E-state index contributed by atoms with van der Waals surface area (Å²) < 4.78 is 5.10. The van der Waals surface area contributed by atoms with Gasteiger partial charge in [0.15, 0.2) is 5.96 Å². The van der Waals surface area contributed by atoms with Gasteiger partial charge in [0.2, 0.25) is 0 Å². The minimum Gasteiger partial charge on any atom is -0.385 e. The molecule has 2 aromatic carbocycles. The maximum Gasteiger partial charge on any atom is 0.191 e. The first-order valence-electron chi connectivity index (χ1n) is 9.41. The number of benzene rings is 2. The first-order chi connectivity index (χ1) is 12.7. The SMILES string of the molecule is CCNC(=NCc1cccc2ccccc12)NCCN(C)CCCOC.I. The van der Waals surface area contributed by atoms with E-state index in [0.29, 0.717) is 6.54 Å². The molecule has 0 fully saturated rings. The normalized spacial score (nSPS) is 11.5. The average Bonchev–Trinajstić information content (AvgIpc) is 2.66. The zero-order chi connectivity index (χ0) is 18.6. The predicted molar refractivity (Wildman–Crippen MR) is 126 cm³/mol. The highest BCUT2D eigenvalue weighted by Crippen LogP contribution is 2.18. The van der Waals surface area contributed by atoms with Gasteiger partial charge in [0, 0.05) is 39.9 Å². The van der Waals surface area contributed by atoms with Gasteiger partial charge in [0.25, 0.3) is 0 Å². The van der Waals surface area contributed by atoms with Gasteiger partial charge in [-0.05, 0) is 36.7 Å². The lowest BCUT2D eigenvalue weighted by molar-refractivity contribution is 0.180.